The molecule has 0 spiro atoms. The van der Waals surface area contributed by atoms with Gasteiger partial charge in [-0.1, -0.05) is 36.4 Å². The average molecular weight is 615 g/mol. The molecule has 6 rings (SSSR count). The summed E-state index contributed by atoms with van der Waals surface area (Å²) in [7, 11) is 0. The summed E-state index contributed by atoms with van der Waals surface area (Å²) in [4.78, 5) is 45.3. The molecule has 10 heteroatoms. The Kier molecular flexibility index (Phi) is 8.83. The van der Waals surface area contributed by atoms with E-state index >= 15 is 0 Å². The van der Waals surface area contributed by atoms with Gasteiger partial charge in [0.15, 0.2) is 0 Å². The number of aryl methyl sites for hydroxylation is 2. The molecule has 6 N–H and O–H groups in total. The van der Waals surface area contributed by atoms with Crippen LogP contribution in [0.4, 0.5) is 0 Å². The monoisotopic (exact) mass is 614 g/mol. The van der Waals surface area contributed by atoms with Crippen LogP contribution in [0.3, 0.4) is 0 Å². The summed E-state index contributed by atoms with van der Waals surface area (Å²) in [6, 6.07) is 22.6. The maximum atomic E-state index is 13.1. The van der Waals surface area contributed by atoms with E-state index in [0.29, 0.717) is 78.5 Å². The lowest BCUT2D eigenvalue weighted by Gasteiger charge is -2.28. The lowest BCUT2D eigenvalue weighted by molar-refractivity contribution is 0.0947. The van der Waals surface area contributed by atoms with Crippen LogP contribution in [-0.2, 0) is 0 Å². The summed E-state index contributed by atoms with van der Waals surface area (Å²) in [5, 5.41) is 6.02. The van der Waals surface area contributed by atoms with Crippen molar-refractivity contribution in [2.45, 2.75) is 45.1 Å². The average Bonchev–Trinajstić information content (AvgIpc) is 3.06. The van der Waals surface area contributed by atoms with Crippen molar-refractivity contribution in [3.63, 3.8) is 0 Å². The third-order valence-corrected chi connectivity index (χ3v) is 8.56. The second-order valence-corrected chi connectivity index (χ2v) is 12.0. The van der Waals surface area contributed by atoms with Gasteiger partial charge in [0.1, 0.15) is 11.0 Å². The van der Waals surface area contributed by atoms with Gasteiger partial charge < -0.3 is 22.1 Å². The van der Waals surface area contributed by atoms with Crippen LogP contribution in [0, 0.1) is 13.8 Å². The zero-order valence-electron chi connectivity index (χ0n) is 26.1. The van der Waals surface area contributed by atoms with Gasteiger partial charge in [-0.15, -0.1) is 0 Å². The minimum absolute atomic E-state index is 0.202. The summed E-state index contributed by atoms with van der Waals surface area (Å²) in [5.41, 5.74) is 20.8. The quantitative estimate of drug-likeness (QED) is 0.119. The molecule has 2 amide bonds. The Morgan fingerprint density at radius 1 is 0.609 bits per heavy atom. The van der Waals surface area contributed by atoms with Gasteiger partial charge >= 0.3 is 0 Å². The van der Waals surface area contributed by atoms with Crippen molar-refractivity contribution >= 4 is 55.9 Å². The number of fused-ring (bicyclic) bond motifs is 4. The first kappa shape index (κ1) is 30.9. The molecular formula is C36H38N8O2. The molecule has 6 aromatic rings. The second kappa shape index (κ2) is 13.1. The van der Waals surface area contributed by atoms with Gasteiger partial charge in [0.05, 0.1) is 44.2 Å². The Hall–Kier alpha value is -5.06. The maximum Gasteiger partial charge on any atom is 0.253 e. The SMILES string of the molecule is Cc1cccc2nc3cccc(C(=O)NCCCC(N)(CN)CCCNC(=O)c4cccc5nc6cccc(C)c6nc45)c3nc12. The zero-order valence-corrected chi connectivity index (χ0v) is 26.1. The van der Waals surface area contributed by atoms with Gasteiger partial charge in [-0.2, -0.15) is 0 Å². The fraction of sp³-hybridized carbons (Fsp3) is 0.278. The molecule has 0 saturated carbocycles. The minimum atomic E-state index is -0.613. The van der Waals surface area contributed by atoms with Crippen molar-refractivity contribution in [2.75, 3.05) is 19.6 Å². The molecule has 0 saturated heterocycles. The van der Waals surface area contributed by atoms with Crippen LogP contribution in [0.2, 0.25) is 0 Å². The van der Waals surface area contributed by atoms with Crippen molar-refractivity contribution < 1.29 is 9.59 Å². The van der Waals surface area contributed by atoms with Crippen LogP contribution in [-0.4, -0.2) is 56.9 Å². The normalized spacial score (nSPS) is 11.8. The van der Waals surface area contributed by atoms with Gasteiger partial charge in [0.2, 0.25) is 0 Å². The molecule has 0 fully saturated rings. The number of para-hydroxylation sites is 4. The smallest absolute Gasteiger partial charge is 0.253 e. The van der Waals surface area contributed by atoms with Crippen molar-refractivity contribution in [3.05, 3.63) is 95.1 Å². The van der Waals surface area contributed by atoms with Gasteiger partial charge in [-0.05, 0) is 87.1 Å². The highest BCUT2D eigenvalue weighted by Crippen LogP contribution is 2.23. The molecule has 10 nitrogen and oxygen atoms in total. The minimum Gasteiger partial charge on any atom is -0.352 e. The number of aromatic nitrogens is 4. The van der Waals surface area contributed by atoms with Crippen molar-refractivity contribution in [1.82, 2.24) is 30.6 Å². The predicted octanol–water partition coefficient (Wildman–Crippen LogP) is 4.87. The Bertz CT molecular complexity index is 1950. The number of nitrogens with zero attached hydrogens (tertiary/aromatic N) is 4. The molecule has 2 heterocycles. The fourth-order valence-corrected chi connectivity index (χ4v) is 5.89. The molecule has 46 heavy (non-hydrogen) atoms. The number of carbonyl (C=O) groups is 2. The van der Waals surface area contributed by atoms with Gasteiger partial charge in [0.25, 0.3) is 11.8 Å². The predicted molar refractivity (Wildman–Crippen MR) is 183 cm³/mol. The standard InChI is InChI=1S/C36H38N8O2/c1-22-9-3-13-26-30(22)43-32-24(11-5-15-28(32)41-26)34(45)39-19-7-17-36(38,21-37)18-8-20-40-35(46)25-12-6-16-29-33(25)44-31-23(2)10-4-14-27(31)42-29/h3-6,9-16H,7-8,17-21,37-38H2,1-2H3,(H,39,45)(H,40,46). The number of hydrogen-bond acceptors (Lipinski definition) is 8. The molecule has 0 unspecified atom stereocenters. The van der Waals surface area contributed by atoms with E-state index in [4.69, 9.17) is 31.4 Å². The van der Waals surface area contributed by atoms with Gasteiger partial charge in [-0.25, -0.2) is 19.9 Å². The summed E-state index contributed by atoms with van der Waals surface area (Å²) < 4.78 is 0. The van der Waals surface area contributed by atoms with E-state index in [-0.39, 0.29) is 11.8 Å². The number of amides is 2. The largest absolute Gasteiger partial charge is 0.352 e. The number of nitrogens with one attached hydrogen (secondary N) is 2. The second-order valence-electron chi connectivity index (χ2n) is 12.0. The molecule has 0 radical (unpaired) electrons. The van der Waals surface area contributed by atoms with Crippen molar-refractivity contribution in [3.8, 4) is 0 Å². The highest BCUT2D eigenvalue weighted by atomic mass is 16.2. The molecule has 0 atom stereocenters. The molecule has 4 aromatic carbocycles. The van der Waals surface area contributed by atoms with Crippen LogP contribution < -0.4 is 22.1 Å². The van der Waals surface area contributed by atoms with E-state index in [1.807, 2.05) is 74.5 Å². The number of nitrogens with two attached hydrogens (primary N) is 2. The zero-order chi connectivity index (χ0) is 32.3. The maximum absolute atomic E-state index is 13.1. The van der Waals surface area contributed by atoms with Gasteiger partial charge in [0, 0.05) is 25.2 Å². The number of carbonyl (C=O) groups excluding carboxylic acids is 2. The van der Waals surface area contributed by atoms with E-state index in [1.165, 1.54) is 0 Å². The number of benzene rings is 4. The molecule has 0 aliphatic carbocycles. The highest BCUT2D eigenvalue weighted by molar-refractivity contribution is 6.07. The van der Waals surface area contributed by atoms with Crippen LogP contribution >= 0.6 is 0 Å². The lowest BCUT2D eigenvalue weighted by Crippen LogP contribution is -2.48. The molecule has 0 aliphatic heterocycles. The third-order valence-electron chi connectivity index (χ3n) is 8.56. The van der Waals surface area contributed by atoms with E-state index in [9.17, 15) is 9.59 Å². The number of hydrogen-bond donors (Lipinski definition) is 4. The lowest BCUT2D eigenvalue weighted by atomic mass is 9.89. The van der Waals surface area contributed by atoms with Crippen LogP contribution in [0.25, 0.3) is 44.1 Å². The van der Waals surface area contributed by atoms with Crippen LogP contribution in [0.15, 0.2) is 72.8 Å². The molecule has 234 valence electrons. The Morgan fingerprint density at radius 3 is 1.41 bits per heavy atom. The van der Waals surface area contributed by atoms with Crippen LogP contribution in [0.1, 0.15) is 57.5 Å². The van der Waals surface area contributed by atoms with E-state index in [0.717, 1.165) is 33.2 Å². The molecule has 0 aliphatic rings. The Labute approximate surface area is 267 Å². The van der Waals surface area contributed by atoms with Crippen molar-refractivity contribution in [2.24, 2.45) is 11.5 Å². The van der Waals surface area contributed by atoms with Gasteiger partial charge in [-0.3, -0.25) is 9.59 Å². The molecular weight excluding hydrogens is 576 g/mol. The fourth-order valence-electron chi connectivity index (χ4n) is 5.89. The summed E-state index contributed by atoms with van der Waals surface area (Å²) >= 11 is 0. The first-order valence-electron chi connectivity index (χ1n) is 15.6. The summed E-state index contributed by atoms with van der Waals surface area (Å²) in [6.07, 6.45) is 2.57. The molecule has 2 aromatic heterocycles. The first-order chi connectivity index (χ1) is 22.3. The van der Waals surface area contributed by atoms with E-state index < -0.39 is 5.54 Å². The summed E-state index contributed by atoms with van der Waals surface area (Å²) in [5.74, 6) is -0.403. The Morgan fingerprint density at radius 2 is 1.00 bits per heavy atom. The topological polar surface area (TPSA) is 162 Å². The highest BCUT2D eigenvalue weighted by Gasteiger charge is 2.23. The van der Waals surface area contributed by atoms with Crippen LogP contribution in [0.5, 0.6) is 0 Å². The summed E-state index contributed by atoms with van der Waals surface area (Å²) in [6.45, 7) is 5.16. The van der Waals surface area contributed by atoms with E-state index in [2.05, 4.69) is 10.6 Å². The van der Waals surface area contributed by atoms with E-state index in [1.54, 1.807) is 12.1 Å². The first-order valence-corrected chi connectivity index (χ1v) is 15.6. The van der Waals surface area contributed by atoms with Crippen molar-refractivity contribution in [1.29, 1.82) is 0 Å². The molecule has 0 bridgehead atoms. The Balaban J connectivity index is 1.01. The third kappa shape index (κ3) is 6.35. The number of rotatable bonds is 11.